The summed E-state index contributed by atoms with van der Waals surface area (Å²) >= 11 is 0. The fourth-order valence-corrected chi connectivity index (χ4v) is 2.17. The van der Waals surface area contributed by atoms with Crippen LogP contribution in [0.3, 0.4) is 0 Å². The molecule has 0 fully saturated rings. The van der Waals surface area contributed by atoms with E-state index >= 15 is 0 Å². The number of carbonyl (C=O) groups is 2. The number of rotatable bonds is 1. The highest BCUT2D eigenvalue weighted by Gasteiger charge is 2.24. The molecule has 174 valence electrons. The molecule has 1 aromatic heterocycles. The zero-order valence-corrected chi connectivity index (χ0v) is 19.4. The maximum absolute atomic E-state index is 12.4. The lowest BCUT2D eigenvalue weighted by molar-refractivity contribution is 0.0353. The van der Waals surface area contributed by atoms with Crippen molar-refractivity contribution in [3.05, 3.63) is 11.3 Å². The molecule has 0 atom stereocenters. The molecule has 0 aliphatic carbocycles. The minimum absolute atomic E-state index is 0.156. The Morgan fingerprint density at radius 1 is 1.07 bits per heavy atom. The minimum atomic E-state index is -2.51. The number of alkyl halides is 2. The maximum atomic E-state index is 12.4. The van der Waals surface area contributed by atoms with Crippen LogP contribution in [-0.2, 0) is 16.0 Å². The van der Waals surface area contributed by atoms with Crippen molar-refractivity contribution in [3.63, 3.8) is 0 Å². The van der Waals surface area contributed by atoms with Gasteiger partial charge in [-0.2, -0.15) is 5.10 Å². The molecule has 0 bridgehead atoms. The maximum Gasteiger partial charge on any atom is 0.417 e. The van der Waals surface area contributed by atoms with Gasteiger partial charge in [-0.1, -0.05) is 13.8 Å². The standard InChI is InChI=1S/C10H19NO4.C8H10F2N2O.C2H6/c1-9(2,3)14-7(12)11-8(13)15-10(4,5)6;1-5-6(7(9)10)11-12-3-2-4-13-8(5)12;1-2/h1-6H3,(H,11,12,13);7H,2-4H2,1H3;1-2H3. The number of halogens is 2. The van der Waals surface area contributed by atoms with Gasteiger partial charge < -0.3 is 14.2 Å². The van der Waals surface area contributed by atoms with Gasteiger partial charge >= 0.3 is 12.2 Å². The predicted molar refractivity (Wildman–Crippen MR) is 109 cm³/mol. The summed E-state index contributed by atoms with van der Waals surface area (Å²) in [5.41, 5.74) is -0.954. The molecule has 0 saturated carbocycles. The molecule has 2 rings (SSSR count). The summed E-state index contributed by atoms with van der Waals surface area (Å²) in [6.07, 6.45) is -3.30. The van der Waals surface area contributed by atoms with Crippen LogP contribution >= 0.6 is 0 Å². The van der Waals surface area contributed by atoms with E-state index in [2.05, 4.69) is 5.10 Å². The Morgan fingerprint density at radius 2 is 1.53 bits per heavy atom. The summed E-state index contributed by atoms with van der Waals surface area (Å²) in [5.74, 6) is 0.501. The van der Waals surface area contributed by atoms with Gasteiger partial charge in [0.05, 0.1) is 6.61 Å². The summed E-state index contributed by atoms with van der Waals surface area (Å²) in [5, 5.41) is 5.76. The fraction of sp³-hybridized carbons (Fsp3) is 0.750. The zero-order chi connectivity index (χ0) is 23.7. The van der Waals surface area contributed by atoms with E-state index in [0.29, 0.717) is 24.6 Å². The largest absolute Gasteiger partial charge is 0.478 e. The topological polar surface area (TPSA) is 91.7 Å². The Bertz CT molecular complexity index is 666. The van der Waals surface area contributed by atoms with Crippen LogP contribution in [0.4, 0.5) is 18.4 Å². The lowest BCUT2D eigenvalue weighted by Crippen LogP contribution is -2.39. The third-order valence-electron chi connectivity index (χ3n) is 3.13. The lowest BCUT2D eigenvalue weighted by Gasteiger charge is -2.21. The second-order valence-corrected chi connectivity index (χ2v) is 8.17. The van der Waals surface area contributed by atoms with Gasteiger partial charge in [0, 0.05) is 18.5 Å². The molecule has 0 radical (unpaired) electrons. The predicted octanol–water partition coefficient (Wildman–Crippen LogP) is 5.38. The van der Waals surface area contributed by atoms with Gasteiger partial charge in [-0.15, -0.1) is 0 Å². The molecule has 8 nitrogen and oxygen atoms in total. The molecular formula is C20H35F2N3O5. The number of amides is 2. The van der Waals surface area contributed by atoms with Gasteiger partial charge in [-0.05, 0) is 48.5 Å². The van der Waals surface area contributed by atoms with E-state index in [1.807, 2.05) is 19.2 Å². The first-order valence-electron chi connectivity index (χ1n) is 9.91. The van der Waals surface area contributed by atoms with Crippen molar-refractivity contribution in [3.8, 4) is 5.88 Å². The van der Waals surface area contributed by atoms with Crippen molar-refractivity contribution >= 4 is 12.2 Å². The quantitative estimate of drug-likeness (QED) is 0.636. The molecule has 30 heavy (non-hydrogen) atoms. The normalized spacial score (nSPS) is 12.9. The molecule has 1 N–H and O–H groups in total. The molecule has 0 spiro atoms. The van der Waals surface area contributed by atoms with E-state index < -0.39 is 29.8 Å². The molecule has 1 aromatic rings. The number of imide groups is 1. The third-order valence-corrected chi connectivity index (χ3v) is 3.13. The van der Waals surface area contributed by atoms with E-state index in [9.17, 15) is 18.4 Å². The van der Waals surface area contributed by atoms with Crippen LogP contribution in [0, 0.1) is 6.92 Å². The molecule has 2 amide bonds. The van der Waals surface area contributed by atoms with E-state index in [1.54, 1.807) is 48.5 Å². The smallest absolute Gasteiger partial charge is 0.417 e. The zero-order valence-electron chi connectivity index (χ0n) is 19.4. The van der Waals surface area contributed by atoms with Gasteiger partial charge in [0.15, 0.2) is 0 Å². The van der Waals surface area contributed by atoms with Crippen molar-refractivity contribution in [1.82, 2.24) is 15.1 Å². The third kappa shape index (κ3) is 10.4. The number of nitrogens with one attached hydrogen (secondary N) is 1. The molecule has 1 aliphatic heterocycles. The van der Waals surface area contributed by atoms with Crippen LogP contribution in [0.2, 0.25) is 0 Å². The Labute approximate surface area is 177 Å². The summed E-state index contributed by atoms with van der Waals surface area (Å²) in [6, 6.07) is 0. The van der Waals surface area contributed by atoms with E-state index in [4.69, 9.17) is 14.2 Å². The van der Waals surface area contributed by atoms with Crippen LogP contribution < -0.4 is 10.1 Å². The fourth-order valence-electron chi connectivity index (χ4n) is 2.17. The number of alkyl carbamates (subject to hydrolysis) is 2. The van der Waals surface area contributed by atoms with Gasteiger partial charge in [-0.3, -0.25) is 0 Å². The Morgan fingerprint density at radius 3 is 1.90 bits per heavy atom. The highest BCUT2D eigenvalue weighted by atomic mass is 19.3. The number of ether oxygens (including phenoxy) is 3. The molecule has 0 saturated heterocycles. The van der Waals surface area contributed by atoms with E-state index in [1.165, 1.54) is 4.68 Å². The summed E-state index contributed by atoms with van der Waals surface area (Å²) in [4.78, 5) is 22.2. The average Bonchev–Trinajstić information content (AvgIpc) is 2.91. The van der Waals surface area contributed by atoms with Gasteiger partial charge in [0.1, 0.15) is 16.9 Å². The van der Waals surface area contributed by atoms with Crippen LogP contribution in [0.15, 0.2) is 0 Å². The van der Waals surface area contributed by atoms with Gasteiger partial charge in [0.25, 0.3) is 6.43 Å². The number of hydrogen-bond acceptors (Lipinski definition) is 6. The van der Waals surface area contributed by atoms with Crippen molar-refractivity contribution < 1.29 is 32.6 Å². The molecule has 0 aromatic carbocycles. The number of aryl methyl sites for hydroxylation is 1. The highest BCUT2D eigenvalue weighted by molar-refractivity contribution is 5.87. The molecule has 10 heteroatoms. The average molecular weight is 436 g/mol. The number of aromatic nitrogens is 2. The first-order chi connectivity index (χ1) is 13.7. The van der Waals surface area contributed by atoms with Crippen LogP contribution in [0.5, 0.6) is 5.88 Å². The minimum Gasteiger partial charge on any atom is -0.478 e. The first kappa shape index (κ1) is 27.6. The Hall–Kier alpha value is -2.39. The van der Waals surface area contributed by atoms with Gasteiger partial charge in [-0.25, -0.2) is 28.4 Å². The summed E-state index contributed by atoms with van der Waals surface area (Å²) in [7, 11) is 0. The van der Waals surface area contributed by atoms with Crippen molar-refractivity contribution in [1.29, 1.82) is 0 Å². The molecule has 1 aliphatic rings. The number of hydrogen-bond donors (Lipinski definition) is 1. The van der Waals surface area contributed by atoms with Crippen LogP contribution in [0.25, 0.3) is 0 Å². The van der Waals surface area contributed by atoms with Gasteiger partial charge in [0.2, 0.25) is 5.88 Å². The number of fused-ring (bicyclic) bond motifs is 1. The summed E-state index contributed by atoms with van der Waals surface area (Å²) < 4.78 is 41.3. The SMILES string of the molecule is CC.CC(C)(C)OC(=O)NC(=O)OC(C)(C)C.Cc1c(C(F)F)nn2c1OCCC2. The second-order valence-electron chi connectivity index (χ2n) is 8.17. The monoisotopic (exact) mass is 435 g/mol. The van der Waals surface area contributed by atoms with Crippen molar-refractivity contribution in [2.45, 2.75) is 92.9 Å². The van der Waals surface area contributed by atoms with E-state index in [-0.39, 0.29) is 5.69 Å². The molecule has 2 heterocycles. The second kappa shape index (κ2) is 11.7. The van der Waals surface area contributed by atoms with Crippen molar-refractivity contribution in [2.24, 2.45) is 0 Å². The van der Waals surface area contributed by atoms with Crippen LogP contribution in [0.1, 0.15) is 79.5 Å². The molecular weight excluding hydrogens is 400 g/mol. The Balaban J connectivity index is 0.000000520. The van der Waals surface area contributed by atoms with Crippen molar-refractivity contribution in [2.75, 3.05) is 6.61 Å². The molecule has 0 unspecified atom stereocenters. The van der Waals surface area contributed by atoms with E-state index in [0.717, 1.165) is 6.42 Å². The first-order valence-corrected chi connectivity index (χ1v) is 9.91. The van der Waals surface area contributed by atoms with Crippen LogP contribution in [-0.4, -0.2) is 39.8 Å². The summed E-state index contributed by atoms with van der Waals surface area (Å²) in [6.45, 7) is 17.1. The lowest BCUT2D eigenvalue weighted by atomic mass is 10.2. The highest BCUT2D eigenvalue weighted by Crippen LogP contribution is 2.30. The number of carbonyl (C=O) groups excluding carboxylic acids is 2. The Kier molecular flexibility index (Phi) is 10.8. The number of nitrogens with zero attached hydrogens (tertiary/aromatic N) is 2.